The number of thioether (sulfide) groups is 1. The number of carbonyl (C=O) groups is 1. The molecule has 1 fully saturated rings. The molecule has 0 radical (unpaired) electrons. The average Bonchev–Trinajstić information content (AvgIpc) is 2.80. The van der Waals surface area contributed by atoms with E-state index in [0.29, 0.717) is 17.5 Å². The molecule has 0 saturated carbocycles. The van der Waals surface area contributed by atoms with Gasteiger partial charge in [-0.2, -0.15) is 5.10 Å². The number of rotatable bonds is 5. The molecule has 5 heteroatoms. The third-order valence-corrected chi connectivity index (χ3v) is 4.21. The fraction of sp³-hybridized carbons (Fsp3) is 0.312. The van der Waals surface area contributed by atoms with Gasteiger partial charge in [0, 0.05) is 0 Å². The van der Waals surface area contributed by atoms with Crippen LogP contribution in [0, 0.1) is 0 Å². The first-order valence-corrected chi connectivity index (χ1v) is 7.77. The molecule has 1 saturated heterocycles. The summed E-state index contributed by atoms with van der Waals surface area (Å²) in [6.45, 7) is 7.96. The summed E-state index contributed by atoms with van der Waals surface area (Å²) < 4.78 is 0. The van der Waals surface area contributed by atoms with Crippen LogP contribution in [0.4, 0.5) is 0 Å². The van der Waals surface area contributed by atoms with E-state index in [9.17, 15) is 4.79 Å². The smallest absolute Gasteiger partial charge is 0.239 e. The first-order chi connectivity index (χ1) is 10.1. The fourth-order valence-electron chi connectivity index (χ4n) is 1.87. The molecule has 0 aliphatic carbocycles. The van der Waals surface area contributed by atoms with Crippen LogP contribution in [0.1, 0.15) is 37.3 Å². The molecular formula is C16H19N3OS. The molecule has 1 aliphatic rings. The van der Waals surface area contributed by atoms with Gasteiger partial charge in [0.2, 0.25) is 5.91 Å². The van der Waals surface area contributed by atoms with Crippen molar-refractivity contribution in [3.8, 4) is 0 Å². The van der Waals surface area contributed by atoms with E-state index in [0.717, 1.165) is 5.56 Å². The molecule has 1 atom stereocenters. The first-order valence-electron chi connectivity index (χ1n) is 6.89. The minimum absolute atomic E-state index is 0.0323. The molecule has 0 spiro atoms. The Morgan fingerprint density at radius 3 is 2.71 bits per heavy atom. The van der Waals surface area contributed by atoms with Crippen molar-refractivity contribution in [2.45, 2.75) is 31.4 Å². The van der Waals surface area contributed by atoms with E-state index in [4.69, 9.17) is 0 Å². The van der Waals surface area contributed by atoms with Crippen LogP contribution in [0.15, 0.2) is 47.1 Å². The fourth-order valence-corrected chi connectivity index (χ4v) is 2.80. The maximum atomic E-state index is 11.6. The van der Waals surface area contributed by atoms with E-state index < -0.39 is 0 Å². The van der Waals surface area contributed by atoms with Gasteiger partial charge >= 0.3 is 0 Å². The number of carbonyl (C=O) groups excluding carboxylic acids is 1. The quantitative estimate of drug-likeness (QED) is 0.515. The van der Waals surface area contributed by atoms with Gasteiger partial charge in [-0.05, 0) is 23.5 Å². The molecule has 0 aromatic heterocycles. The minimum atomic E-state index is -0.137. The van der Waals surface area contributed by atoms with Gasteiger partial charge in [-0.3, -0.25) is 4.79 Å². The van der Waals surface area contributed by atoms with Crippen LogP contribution in [0.25, 0.3) is 0 Å². The number of nitrogens with zero attached hydrogens (tertiary/aromatic N) is 2. The number of amides is 1. The van der Waals surface area contributed by atoms with Crippen molar-refractivity contribution in [2.24, 2.45) is 10.2 Å². The molecule has 2 rings (SSSR count). The summed E-state index contributed by atoms with van der Waals surface area (Å²) in [7, 11) is 0. The van der Waals surface area contributed by atoms with Gasteiger partial charge in [0.25, 0.3) is 0 Å². The van der Waals surface area contributed by atoms with Crippen molar-refractivity contribution in [2.75, 3.05) is 0 Å². The van der Waals surface area contributed by atoms with Gasteiger partial charge in [-0.15, -0.1) is 11.7 Å². The third kappa shape index (κ3) is 4.29. The molecule has 0 unspecified atom stereocenters. The van der Waals surface area contributed by atoms with E-state index in [1.807, 2.05) is 12.1 Å². The largest absolute Gasteiger partial charge is 0.303 e. The Morgan fingerprint density at radius 2 is 2.10 bits per heavy atom. The summed E-state index contributed by atoms with van der Waals surface area (Å²) in [5, 5.41) is 11.2. The Bertz CT molecular complexity index is 576. The second kappa shape index (κ2) is 7.22. The molecule has 0 bridgehead atoms. The van der Waals surface area contributed by atoms with Crippen molar-refractivity contribution in [3.05, 3.63) is 48.0 Å². The van der Waals surface area contributed by atoms with E-state index in [1.54, 1.807) is 12.3 Å². The topological polar surface area (TPSA) is 53.8 Å². The lowest BCUT2D eigenvalue weighted by Crippen LogP contribution is -2.24. The molecule has 110 valence electrons. The van der Waals surface area contributed by atoms with Crippen molar-refractivity contribution in [3.63, 3.8) is 0 Å². The van der Waals surface area contributed by atoms with E-state index in [2.05, 4.69) is 48.1 Å². The highest BCUT2D eigenvalue weighted by Gasteiger charge is 2.28. The molecule has 1 aromatic carbocycles. The van der Waals surface area contributed by atoms with Crippen molar-refractivity contribution in [1.29, 1.82) is 0 Å². The average molecular weight is 301 g/mol. The molecule has 1 aromatic rings. The van der Waals surface area contributed by atoms with E-state index in [1.165, 1.54) is 17.3 Å². The summed E-state index contributed by atoms with van der Waals surface area (Å²) in [6.07, 6.45) is 4.06. The minimum Gasteiger partial charge on any atom is -0.303 e. The predicted molar refractivity (Wildman–Crippen MR) is 89.9 cm³/mol. The van der Waals surface area contributed by atoms with Gasteiger partial charge in [0.05, 0.1) is 11.5 Å². The van der Waals surface area contributed by atoms with Crippen LogP contribution in [-0.4, -0.2) is 22.5 Å². The Labute approximate surface area is 129 Å². The second-order valence-corrected chi connectivity index (χ2v) is 6.28. The van der Waals surface area contributed by atoms with E-state index in [-0.39, 0.29) is 11.2 Å². The highest BCUT2D eigenvalue weighted by atomic mass is 32.2. The van der Waals surface area contributed by atoms with E-state index >= 15 is 0 Å². The number of amidine groups is 1. The standard InChI is InChI=1S/C16H19N3OS/c1-4-5-14-15(20)18-16(21-14)19-17-10-12-6-8-13(9-7-12)11(2)3/h4,6-11,14H,1,5H2,2-3H3,(H,18,19,20)/b17-10-/t14-/m1/s1. The number of nitrogens with one attached hydrogen (secondary N) is 1. The summed E-state index contributed by atoms with van der Waals surface area (Å²) in [5.74, 6) is 0.485. The lowest BCUT2D eigenvalue weighted by Gasteiger charge is -2.03. The summed E-state index contributed by atoms with van der Waals surface area (Å²) >= 11 is 1.39. The Hall–Kier alpha value is -1.88. The van der Waals surface area contributed by atoms with Gasteiger partial charge < -0.3 is 5.32 Å². The zero-order valence-electron chi connectivity index (χ0n) is 12.2. The Morgan fingerprint density at radius 1 is 1.38 bits per heavy atom. The highest BCUT2D eigenvalue weighted by Crippen LogP contribution is 2.22. The first kappa shape index (κ1) is 15.5. The lowest BCUT2D eigenvalue weighted by molar-refractivity contribution is -0.118. The normalized spacial score (nSPS) is 20.4. The van der Waals surface area contributed by atoms with Gasteiger partial charge in [0.1, 0.15) is 0 Å². The maximum absolute atomic E-state index is 11.6. The van der Waals surface area contributed by atoms with Gasteiger partial charge in [-0.1, -0.05) is 56.0 Å². The van der Waals surface area contributed by atoms with Gasteiger partial charge in [-0.25, -0.2) is 0 Å². The zero-order chi connectivity index (χ0) is 15.2. The molecule has 4 nitrogen and oxygen atoms in total. The van der Waals surface area contributed by atoms with Crippen molar-refractivity contribution < 1.29 is 4.79 Å². The summed E-state index contributed by atoms with van der Waals surface area (Å²) in [6, 6.07) is 8.20. The predicted octanol–water partition coefficient (Wildman–Crippen LogP) is 3.31. The van der Waals surface area contributed by atoms with Crippen LogP contribution in [0.5, 0.6) is 0 Å². The van der Waals surface area contributed by atoms with Crippen LogP contribution >= 0.6 is 11.8 Å². The highest BCUT2D eigenvalue weighted by molar-refractivity contribution is 8.15. The number of hydrogen-bond acceptors (Lipinski definition) is 4. The Balaban J connectivity index is 1.97. The SMILES string of the molecule is C=CC[C@H]1S/C(=N\N=C/c2ccc(C(C)C)cc2)NC1=O. The van der Waals surface area contributed by atoms with Crippen LogP contribution < -0.4 is 5.32 Å². The number of benzene rings is 1. The Kier molecular flexibility index (Phi) is 5.33. The third-order valence-electron chi connectivity index (χ3n) is 3.12. The number of hydrogen-bond donors (Lipinski definition) is 1. The molecule has 1 aliphatic heterocycles. The molecule has 1 heterocycles. The zero-order valence-corrected chi connectivity index (χ0v) is 13.1. The summed E-state index contributed by atoms with van der Waals surface area (Å²) in [4.78, 5) is 11.6. The molecule has 21 heavy (non-hydrogen) atoms. The van der Waals surface area contributed by atoms with Crippen molar-refractivity contribution >= 4 is 29.1 Å². The maximum Gasteiger partial charge on any atom is 0.239 e. The molecular weight excluding hydrogens is 282 g/mol. The van der Waals surface area contributed by atoms with Crippen LogP contribution in [-0.2, 0) is 4.79 Å². The number of allylic oxidation sites excluding steroid dienone is 1. The van der Waals surface area contributed by atoms with Crippen LogP contribution in [0.3, 0.4) is 0 Å². The monoisotopic (exact) mass is 301 g/mol. The lowest BCUT2D eigenvalue weighted by atomic mass is 10.0. The molecule has 1 amide bonds. The van der Waals surface area contributed by atoms with Gasteiger partial charge in [0.15, 0.2) is 5.17 Å². The van der Waals surface area contributed by atoms with Crippen LogP contribution in [0.2, 0.25) is 0 Å². The van der Waals surface area contributed by atoms with Crippen molar-refractivity contribution in [1.82, 2.24) is 5.32 Å². The summed E-state index contributed by atoms with van der Waals surface area (Å²) in [5.41, 5.74) is 2.28. The second-order valence-electron chi connectivity index (χ2n) is 5.09. The molecule has 1 N–H and O–H groups in total.